The van der Waals surface area contributed by atoms with Crippen molar-refractivity contribution in [2.24, 2.45) is 10.9 Å². The van der Waals surface area contributed by atoms with Gasteiger partial charge in [0.2, 0.25) is 0 Å². The highest BCUT2D eigenvalue weighted by molar-refractivity contribution is 5.97. The summed E-state index contributed by atoms with van der Waals surface area (Å²) in [6.45, 7) is 2.30. The maximum atomic E-state index is 11.9. The maximum Gasteiger partial charge on any atom is 0.260 e. The minimum Gasteiger partial charge on any atom is -0.484 e. The number of carbonyl (C=O) groups is 1. The van der Waals surface area contributed by atoms with Crippen molar-refractivity contribution < 1.29 is 19.5 Å². The van der Waals surface area contributed by atoms with Gasteiger partial charge >= 0.3 is 0 Å². The molecule has 0 radical (unpaired) electrons. The van der Waals surface area contributed by atoms with Crippen molar-refractivity contribution in [3.63, 3.8) is 0 Å². The van der Waals surface area contributed by atoms with Gasteiger partial charge in [-0.1, -0.05) is 5.16 Å². The minimum absolute atomic E-state index is 0.0192. The fraction of sp³-hybridized carbons (Fsp3) is 0.429. The molecule has 0 aliphatic carbocycles. The molecule has 21 heavy (non-hydrogen) atoms. The van der Waals surface area contributed by atoms with Crippen LogP contribution in [0, 0.1) is 0 Å². The Hall–Kier alpha value is -2.28. The second-order valence-electron chi connectivity index (χ2n) is 4.61. The van der Waals surface area contributed by atoms with E-state index >= 15 is 0 Å². The third-order valence-electron chi connectivity index (χ3n) is 3.08. The number of amidine groups is 1. The molecule has 3 N–H and O–H groups in total. The lowest BCUT2D eigenvalue weighted by molar-refractivity contribution is -0.134. The van der Waals surface area contributed by atoms with Crippen LogP contribution in [0.1, 0.15) is 12.5 Å². The molecule has 116 valence electrons. The lowest BCUT2D eigenvalue weighted by Crippen LogP contribution is -2.40. The number of ether oxygens (including phenoxy) is 2. The van der Waals surface area contributed by atoms with E-state index in [1.165, 1.54) is 0 Å². The quantitative estimate of drug-likeness (QED) is 0.333. The summed E-state index contributed by atoms with van der Waals surface area (Å²) in [5.74, 6) is 0.413. The molecule has 0 saturated carbocycles. The van der Waals surface area contributed by atoms with Crippen molar-refractivity contribution >= 4 is 11.7 Å². The van der Waals surface area contributed by atoms with Crippen LogP contribution in [-0.2, 0) is 9.53 Å². The van der Waals surface area contributed by atoms with E-state index in [4.69, 9.17) is 20.4 Å². The molecular formula is C14H21N3O4. The molecule has 1 atom stereocenters. The molecule has 7 nitrogen and oxygen atoms in total. The highest BCUT2D eigenvalue weighted by Gasteiger charge is 2.15. The van der Waals surface area contributed by atoms with Crippen LogP contribution < -0.4 is 10.5 Å². The van der Waals surface area contributed by atoms with E-state index in [-0.39, 0.29) is 24.4 Å². The van der Waals surface area contributed by atoms with Crippen LogP contribution in [-0.4, -0.2) is 55.3 Å². The first-order valence-electron chi connectivity index (χ1n) is 6.45. The van der Waals surface area contributed by atoms with Gasteiger partial charge in [-0.25, -0.2) is 0 Å². The summed E-state index contributed by atoms with van der Waals surface area (Å²) < 4.78 is 10.4. The zero-order valence-electron chi connectivity index (χ0n) is 12.4. The van der Waals surface area contributed by atoms with Gasteiger partial charge in [0.1, 0.15) is 5.75 Å². The number of hydrogen-bond donors (Lipinski definition) is 2. The molecule has 1 rings (SSSR count). The topological polar surface area (TPSA) is 97.4 Å². The maximum absolute atomic E-state index is 11.9. The van der Waals surface area contributed by atoms with Gasteiger partial charge in [0.25, 0.3) is 5.91 Å². The molecular weight excluding hydrogens is 274 g/mol. The van der Waals surface area contributed by atoms with Crippen LogP contribution in [0.4, 0.5) is 0 Å². The summed E-state index contributed by atoms with van der Waals surface area (Å²) in [5.41, 5.74) is 6.03. The van der Waals surface area contributed by atoms with Crippen LogP contribution >= 0.6 is 0 Å². The largest absolute Gasteiger partial charge is 0.484 e. The van der Waals surface area contributed by atoms with Crippen molar-refractivity contribution in [3.8, 4) is 5.75 Å². The molecule has 0 aliphatic rings. The van der Waals surface area contributed by atoms with Crippen molar-refractivity contribution in [2.45, 2.75) is 13.0 Å². The average molecular weight is 295 g/mol. The Morgan fingerprint density at radius 3 is 2.57 bits per heavy atom. The number of carbonyl (C=O) groups excluding carboxylic acids is 1. The van der Waals surface area contributed by atoms with Crippen molar-refractivity contribution in [2.75, 3.05) is 27.4 Å². The average Bonchev–Trinajstić information content (AvgIpc) is 2.51. The fourth-order valence-electron chi connectivity index (χ4n) is 1.63. The third kappa shape index (κ3) is 4.96. The Kier molecular flexibility index (Phi) is 6.48. The Bertz CT molecular complexity index is 487. The van der Waals surface area contributed by atoms with E-state index in [1.807, 2.05) is 6.92 Å². The Balaban J connectivity index is 2.53. The van der Waals surface area contributed by atoms with Crippen molar-refractivity contribution in [1.29, 1.82) is 0 Å². The first-order chi connectivity index (χ1) is 9.99. The number of amides is 1. The van der Waals surface area contributed by atoms with Gasteiger partial charge in [-0.05, 0) is 31.2 Å². The summed E-state index contributed by atoms with van der Waals surface area (Å²) in [6.07, 6.45) is 0. The summed E-state index contributed by atoms with van der Waals surface area (Å²) in [5, 5.41) is 11.5. The zero-order valence-corrected chi connectivity index (χ0v) is 12.4. The number of likely N-dealkylation sites (N-methyl/N-ethyl adjacent to an activating group) is 1. The van der Waals surface area contributed by atoms with Crippen LogP contribution in [0.3, 0.4) is 0 Å². The van der Waals surface area contributed by atoms with E-state index in [9.17, 15) is 4.79 Å². The van der Waals surface area contributed by atoms with E-state index in [2.05, 4.69) is 5.16 Å². The van der Waals surface area contributed by atoms with E-state index in [0.717, 1.165) is 0 Å². The molecule has 7 heteroatoms. The predicted octanol–water partition coefficient (Wildman–Crippen LogP) is 0.653. The van der Waals surface area contributed by atoms with E-state index < -0.39 is 0 Å². The predicted molar refractivity (Wildman–Crippen MR) is 78.6 cm³/mol. The Morgan fingerprint density at radius 2 is 2.05 bits per heavy atom. The molecule has 1 aromatic carbocycles. The smallest absolute Gasteiger partial charge is 0.260 e. The summed E-state index contributed by atoms with van der Waals surface area (Å²) >= 11 is 0. The molecule has 0 fully saturated rings. The first-order valence-corrected chi connectivity index (χ1v) is 6.45. The molecule has 0 saturated heterocycles. The van der Waals surface area contributed by atoms with Gasteiger partial charge in [-0.15, -0.1) is 0 Å². The van der Waals surface area contributed by atoms with Gasteiger partial charge in [0, 0.05) is 19.7 Å². The fourth-order valence-corrected chi connectivity index (χ4v) is 1.63. The number of hydrogen-bond acceptors (Lipinski definition) is 5. The summed E-state index contributed by atoms with van der Waals surface area (Å²) in [4.78, 5) is 13.5. The number of nitrogens with zero attached hydrogens (tertiary/aromatic N) is 2. The molecule has 0 aromatic heterocycles. The lowest BCUT2D eigenvalue weighted by atomic mass is 10.2. The third-order valence-corrected chi connectivity index (χ3v) is 3.08. The number of rotatable bonds is 7. The highest BCUT2D eigenvalue weighted by Crippen LogP contribution is 2.12. The molecule has 1 unspecified atom stereocenters. The van der Waals surface area contributed by atoms with E-state index in [0.29, 0.717) is 17.9 Å². The number of methoxy groups -OCH3 is 1. The Morgan fingerprint density at radius 1 is 1.43 bits per heavy atom. The standard InChI is InChI=1S/C14H21N3O4/c1-10(8-20-3)17(2)13(18)9-21-12-6-4-11(5-7-12)14(15)16-19/h4-7,10,19H,8-9H2,1-3H3,(H2,15,16). The van der Waals surface area contributed by atoms with Gasteiger partial charge < -0.3 is 25.3 Å². The molecule has 0 aliphatic heterocycles. The second kappa shape index (κ2) is 8.11. The lowest BCUT2D eigenvalue weighted by Gasteiger charge is -2.24. The van der Waals surface area contributed by atoms with Crippen molar-refractivity contribution in [3.05, 3.63) is 29.8 Å². The molecule has 0 bridgehead atoms. The normalized spacial score (nSPS) is 12.8. The van der Waals surface area contributed by atoms with Crippen LogP contribution in [0.25, 0.3) is 0 Å². The van der Waals surface area contributed by atoms with Crippen LogP contribution in [0.2, 0.25) is 0 Å². The number of oxime groups is 1. The number of benzene rings is 1. The number of nitrogens with two attached hydrogens (primary N) is 1. The highest BCUT2D eigenvalue weighted by atomic mass is 16.5. The van der Waals surface area contributed by atoms with Gasteiger partial charge in [0.15, 0.2) is 12.4 Å². The zero-order chi connectivity index (χ0) is 15.8. The van der Waals surface area contributed by atoms with Crippen molar-refractivity contribution in [1.82, 2.24) is 4.90 Å². The SMILES string of the molecule is COCC(C)N(C)C(=O)COc1ccc(C(N)=NO)cc1. The monoisotopic (exact) mass is 295 g/mol. The van der Waals surface area contributed by atoms with Gasteiger partial charge in [0.05, 0.1) is 12.6 Å². The van der Waals surface area contributed by atoms with E-state index in [1.54, 1.807) is 43.3 Å². The molecule has 0 heterocycles. The molecule has 0 spiro atoms. The minimum atomic E-state index is -0.139. The summed E-state index contributed by atoms with van der Waals surface area (Å²) in [6, 6.07) is 6.57. The first kappa shape index (κ1) is 16.8. The van der Waals surface area contributed by atoms with Gasteiger partial charge in [-0.2, -0.15) is 0 Å². The summed E-state index contributed by atoms with van der Waals surface area (Å²) in [7, 11) is 3.30. The van der Waals surface area contributed by atoms with Gasteiger partial charge in [-0.3, -0.25) is 4.79 Å². The second-order valence-corrected chi connectivity index (χ2v) is 4.61. The Labute approximate surface area is 123 Å². The molecule has 1 amide bonds. The van der Waals surface area contributed by atoms with Crippen LogP contribution in [0.5, 0.6) is 5.75 Å². The molecule has 1 aromatic rings. The van der Waals surface area contributed by atoms with Crippen LogP contribution in [0.15, 0.2) is 29.4 Å².